The van der Waals surface area contributed by atoms with Crippen molar-refractivity contribution < 1.29 is 4.79 Å². The van der Waals surface area contributed by atoms with E-state index in [0.29, 0.717) is 6.54 Å². The second-order valence-electron chi connectivity index (χ2n) is 7.39. The third kappa shape index (κ3) is 2.96. The fourth-order valence-electron chi connectivity index (χ4n) is 4.33. The van der Waals surface area contributed by atoms with Crippen molar-refractivity contribution in [3.05, 3.63) is 59.9 Å². The quantitative estimate of drug-likeness (QED) is 0.753. The number of fused-ring (bicyclic) bond motifs is 3. The van der Waals surface area contributed by atoms with E-state index in [0.717, 1.165) is 54.8 Å². The Hall–Kier alpha value is -2.86. The van der Waals surface area contributed by atoms with Gasteiger partial charge in [0.2, 0.25) is 0 Å². The van der Waals surface area contributed by atoms with Crippen molar-refractivity contribution in [2.24, 2.45) is 0 Å². The average molecular weight is 361 g/mol. The third-order valence-electron chi connectivity index (χ3n) is 5.69. The molecular weight excluding hydrogens is 338 g/mol. The van der Waals surface area contributed by atoms with Gasteiger partial charge in [0.15, 0.2) is 0 Å². The largest absolute Gasteiger partial charge is 0.346 e. The minimum atomic E-state index is 0.0118. The molecule has 0 spiro atoms. The molecule has 1 saturated heterocycles. The topological polar surface area (TPSA) is 64.3 Å². The lowest BCUT2D eigenvalue weighted by Crippen LogP contribution is -2.53. The molecule has 6 heteroatoms. The Morgan fingerprint density at radius 2 is 1.93 bits per heavy atom. The molecule has 4 heterocycles. The van der Waals surface area contributed by atoms with Crippen LogP contribution in [0.5, 0.6) is 0 Å². The summed E-state index contributed by atoms with van der Waals surface area (Å²) in [6, 6.07) is 12.8. The minimum absolute atomic E-state index is 0.0118. The van der Waals surface area contributed by atoms with E-state index in [1.165, 1.54) is 5.56 Å². The molecule has 1 aromatic carbocycles. The number of H-pyrrole nitrogens is 1. The summed E-state index contributed by atoms with van der Waals surface area (Å²) in [5.74, 6) is 0. The highest BCUT2D eigenvalue weighted by atomic mass is 16.2. The Morgan fingerprint density at radius 1 is 1.11 bits per heavy atom. The molecule has 0 radical (unpaired) electrons. The lowest BCUT2D eigenvalue weighted by Gasteiger charge is -2.41. The number of likely N-dealkylation sites (tertiary alicyclic amines) is 1. The number of piperidine rings is 1. The number of anilines is 1. The number of pyridine rings is 1. The van der Waals surface area contributed by atoms with Crippen LogP contribution in [0.4, 0.5) is 10.5 Å². The molecular formula is C21H23N5O. The van der Waals surface area contributed by atoms with Gasteiger partial charge >= 0.3 is 6.03 Å². The SMILES string of the molecule is O=C1NCc2cnc3[nH]ccc3c2N1C1CCN(Cc2ccccc2)CC1. The van der Waals surface area contributed by atoms with Crippen LogP contribution in [-0.2, 0) is 13.1 Å². The van der Waals surface area contributed by atoms with Crippen molar-refractivity contribution in [3.63, 3.8) is 0 Å². The number of aromatic nitrogens is 2. The molecule has 2 aromatic heterocycles. The van der Waals surface area contributed by atoms with Gasteiger partial charge in [-0.25, -0.2) is 9.78 Å². The van der Waals surface area contributed by atoms with Crippen LogP contribution < -0.4 is 10.2 Å². The smallest absolute Gasteiger partial charge is 0.322 e. The molecule has 6 nitrogen and oxygen atoms in total. The van der Waals surface area contributed by atoms with E-state index in [9.17, 15) is 4.79 Å². The Balaban J connectivity index is 1.37. The normalized spacial score (nSPS) is 18.5. The summed E-state index contributed by atoms with van der Waals surface area (Å²) in [7, 11) is 0. The van der Waals surface area contributed by atoms with Crippen molar-refractivity contribution >= 4 is 22.8 Å². The van der Waals surface area contributed by atoms with Crippen LogP contribution >= 0.6 is 0 Å². The molecule has 5 rings (SSSR count). The van der Waals surface area contributed by atoms with E-state index in [1.54, 1.807) is 0 Å². The van der Waals surface area contributed by atoms with Gasteiger partial charge in [0.25, 0.3) is 0 Å². The van der Waals surface area contributed by atoms with Gasteiger partial charge in [-0.2, -0.15) is 0 Å². The van der Waals surface area contributed by atoms with Gasteiger partial charge in [-0.1, -0.05) is 30.3 Å². The first kappa shape index (κ1) is 16.3. The molecule has 0 atom stereocenters. The Bertz CT molecular complexity index is 959. The van der Waals surface area contributed by atoms with Gasteiger partial charge in [0.05, 0.1) is 5.69 Å². The number of carbonyl (C=O) groups excluding carboxylic acids is 1. The van der Waals surface area contributed by atoms with Crippen LogP contribution in [0.15, 0.2) is 48.8 Å². The molecule has 1 fully saturated rings. The highest BCUT2D eigenvalue weighted by Crippen LogP contribution is 2.35. The molecule has 2 amide bonds. The standard InChI is InChI=1S/C21H23N5O/c27-21-24-13-16-12-23-20-18(6-9-22-20)19(16)26(21)17-7-10-25(11-8-17)14-15-4-2-1-3-5-15/h1-6,9,12,17H,7-8,10-11,13-14H2,(H,22,23)(H,24,27). The second kappa shape index (κ2) is 6.70. The van der Waals surface area contributed by atoms with Crippen molar-refractivity contribution in [2.75, 3.05) is 18.0 Å². The number of urea groups is 1. The summed E-state index contributed by atoms with van der Waals surface area (Å²) in [6.07, 6.45) is 5.73. The molecule has 0 unspecified atom stereocenters. The van der Waals surface area contributed by atoms with E-state index in [1.807, 2.05) is 23.4 Å². The number of nitrogens with zero attached hydrogens (tertiary/aromatic N) is 3. The number of hydrogen-bond acceptors (Lipinski definition) is 3. The van der Waals surface area contributed by atoms with Gasteiger partial charge in [-0.05, 0) is 24.5 Å². The fourth-order valence-corrected chi connectivity index (χ4v) is 4.33. The predicted octanol–water partition coefficient (Wildman–Crippen LogP) is 3.26. The van der Waals surface area contributed by atoms with Gasteiger partial charge in [-0.3, -0.25) is 9.80 Å². The summed E-state index contributed by atoms with van der Waals surface area (Å²) < 4.78 is 0. The Morgan fingerprint density at radius 3 is 2.74 bits per heavy atom. The average Bonchev–Trinajstić information content (AvgIpc) is 3.19. The molecule has 2 aliphatic rings. The van der Waals surface area contributed by atoms with Crippen LogP contribution in [-0.4, -0.2) is 40.0 Å². The van der Waals surface area contributed by atoms with Crippen molar-refractivity contribution in [3.8, 4) is 0 Å². The van der Waals surface area contributed by atoms with Crippen LogP contribution in [0.2, 0.25) is 0 Å². The Kier molecular flexibility index (Phi) is 4.05. The first-order valence-corrected chi connectivity index (χ1v) is 9.58. The Labute approximate surface area is 158 Å². The number of rotatable bonds is 3. The van der Waals surface area contributed by atoms with E-state index >= 15 is 0 Å². The first-order chi connectivity index (χ1) is 13.3. The van der Waals surface area contributed by atoms with Crippen molar-refractivity contribution in [2.45, 2.75) is 32.0 Å². The lowest BCUT2D eigenvalue weighted by atomic mass is 9.99. The van der Waals surface area contributed by atoms with E-state index in [2.05, 4.69) is 50.5 Å². The number of carbonyl (C=O) groups is 1. The zero-order valence-corrected chi connectivity index (χ0v) is 15.2. The summed E-state index contributed by atoms with van der Waals surface area (Å²) in [4.78, 5) is 24.9. The molecule has 3 aromatic rings. The van der Waals surface area contributed by atoms with Gasteiger partial charge in [0, 0.05) is 55.6 Å². The molecule has 0 bridgehead atoms. The number of benzene rings is 1. The summed E-state index contributed by atoms with van der Waals surface area (Å²) in [6.45, 7) is 3.52. The van der Waals surface area contributed by atoms with E-state index in [-0.39, 0.29) is 12.1 Å². The fraction of sp³-hybridized carbons (Fsp3) is 0.333. The zero-order valence-electron chi connectivity index (χ0n) is 15.2. The van der Waals surface area contributed by atoms with Gasteiger partial charge in [-0.15, -0.1) is 0 Å². The minimum Gasteiger partial charge on any atom is -0.346 e. The maximum atomic E-state index is 12.8. The maximum Gasteiger partial charge on any atom is 0.322 e. The molecule has 2 N–H and O–H groups in total. The van der Waals surface area contributed by atoms with Crippen molar-refractivity contribution in [1.82, 2.24) is 20.2 Å². The maximum absolute atomic E-state index is 12.8. The zero-order chi connectivity index (χ0) is 18.2. The van der Waals surface area contributed by atoms with E-state index < -0.39 is 0 Å². The number of hydrogen-bond donors (Lipinski definition) is 2. The molecule has 0 saturated carbocycles. The summed E-state index contributed by atoms with van der Waals surface area (Å²) in [5, 5.41) is 4.05. The van der Waals surface area contributed by atoms with Crippen LogP contribution in [0, 0.1) is 0 Å². The number of amides is 2. The van der Waals surface area contributed by atoms with Crippen LogP contribution in [0.1, 0.15) is 24.0 Å². The summed E-state index contributed by atoms with van der Waals surface area (Å²) >= 11 is 0. The molecule has 27 heavy (non-hydrogen) atoms. The summed E-state index contributed by atoms with van der Waals surface area (Å²) in [5.41, 5.74) is 4.31. The highest BCUT2D eigenvalue weighted by Gasteiger charge is 2.34. The monoisotopic (exact) mass is 361 g/mol. The van der Waals surface area contributed by atoms with Gasteiger partial charge < -0.3 is 10.3 Å². The molecule has 138 valence electrons. The number of nitrogens with one attached hydrogen (secondary N) is 2. The lowest BCUT2D eigenvalue weighted by molar-refractivity contribution is 0.196. The first-order valence-electron chi connectivity index (χ1n) is 9.58. The molecule has 0 aliphatic carbocycles. The highest BCUT2D eigenvalue weighted by molar-refractivity contribution is 6.04. The van der Waals surface area contributed by atoms with Crippen molar-refractivity contribution in [1.29, 1.82) is 0 Å². The molecule has 2 aliphatic heterocycles. The predicted molar refractivity (Wildman–Crippen MR) is 106 cm³/mol. The van der Waals surface area contributed by atoms with Gasteiger partial charge in [0.1, 0.15) is 5.65 Å². The third-order valence-corrected chi connectivity index (χ3v) is 5.69. The van der Waals surface area contributed by atoms with Crippen LogP contribution in [0.25, 0.3) is 11.0 Å². The second-order valence-corrected chi connectivity index (χ2v) is 7.39. The van der Waals surface area contributed by atoms with E-state index in [4.69, 9.17) is 0 Å². The van der Waals surface area contributed by atoms with Crippen LogP contribution in [0.3, 0.4) is 0 Å². The number of aromatic amines is 1.